The van der Waals surface area contributed by atoms with E-state index in [2.05, 4.69) is 34.4 Å². The Kier molecular flexibility index (Phi) is 7.06. The molecule has 0 bridgehead atoms. The monoisotopic (exact) mass is 332 g/mol. The van der Waals surface area contributed by atoms with E-state index in [0.717, 1.165) is 43.7 Å². The summed E-state index contributed by atoms with van der Waals surface area (Å²) in [4.78, 5) is 7.08. The third kappa shape index (κ3) is 5.80. The Bertz CT molecular complexity index is 511. The second-order valence-corrected chi connectivity index (χ2v) is 6.62. The Hall–Kier alpha value is -1.59. The summed E-state index contributed by atoms with van der Waals surface area (Å²) < 4.78 is 0. The second-order valence-electron chi connectivity index (χ2n) is 6.62. The minimum absolute atomic E-state index is 0.326. The largest absolute Gasteiger partial charge is 0.384 e. The molecular formula is C19H32N4O. The quantitative estimate of drug-likeness (QED) is 0.478. The molecule has 0 spiro atoms. The second kappa shape index (κ2) is 9.04. The van der Waals surface area contributed by atoms with Crippen LogP contribution in [0.2, 0.25) is 0 Å². The van der Waals surface area contributed by atoms with Gasteiger partial charge in [-0.3, -0.25) is 4.90 Å². The number of hydrogen-bond donors (Lipinski definition) is 3. The van der Waals surface area contributed by atoms with Crippen molar-refractivity contribution >= 4 is 5.96 Å². The zero-order valence-corrected chi connectivity index (χ0v) is 15.3. The molecule has 1 aromatic rings. The number of aliphatic hydroxyl groups is 1. The summed E-state index contributed by atoms with van der Waals surface area (Å²) in [5, 5.41) is 17.3. The van der Waals surface area contributed by atoms with Gasteiger partial charge in [0.2, 0.25) is 0 Å². The zero-order valence-electron chi connectivity index (χ0n) is 15.3. The van der Waals surface area contributed by atoms with Gasteiger partial charge in [0, 0.05) is 25.7 Å². The highest BCUT2D eigenvalue weighted by Crippen LogP contribution is 2.25. The van der Waals surface area contributed by atoms with Crippen LogP contribution < -0.4 is 10.6 Å². The average Bonchev–Trinajstić information content (AvgIpc) is 3.42. The number of rotatable bonds is 9. The van der Waals surface area contributed by atoms with Crippen LogP contribution in [0, 0.1) is 0 Å². The smallest absolute Gasteiger partial charge is 0.191 e. The summed E-state index contributed by atoms with van der Waals surface area (Å²) in [6.45, 7) is 10.2. The summed E-state index contributed by atoms with van der Waals surface area (Å²) in [7, 11) is 0. The van der Waals surface area contributed by atoms with Crippen molar-refractivity contribution in [3.63, 3.8) is 0 Å². The lowest BCUT2D eigenvalue weighted by atomic mass is 9.96. The van der Waals surface area contributed by atoms with Crippen molar-refractivity contribution in [2.45, 2.75) is 45.3 Å². The number of guanidine groups is 1. The lowest BCUT2D eigenvalue weighted by Gasteiger charge is -2.23. The highest BCUT2D eigenvalue weighted by Gasteiger charge is 2.27. The molecule has 24 heavy (non-hydrogen) atoms. The molecule has 0 heterocycles. The number of nitrogens with one attached hydrogen (secondary N) is 2. The lowest BCUT2D eigenvalue weighted by Crippen LogP contribution is -2.42. The summed E-state index contributed by atoms with van der Waals surface area (Å²) >= 11 is 0. The van der Waals surface area contributed by atoms with Crippen LogP contribution in [-0.4, -0.2) is 54.7 Å². The van der Waals surface area contributed by atoms with Gasteiger partial charge in [-0.15, -0.1) is 0 Å². The van der Waals surface area contributed by atoms with Gasteiger partial charge >= 0.3 is 0 Å². The Morgan fingerprint density at radius 2 is 1.96 bits per heavy atom. The number of likely N-dealkylation sites (N-methyl/N-ethyl adjacent to an activating group) is 1. The first-order valence-corrected chi connectivity index (χ1v) is 9.11. The fourth-order valence-electron chi connectivity index (χ4n) is 2.82. The molecule has 1 aliphatic rings. The molecule has 3 N–H and O–H groups in total. The Morgan fingerprint density at radius 3 is 2.54 bits per heavy atom. The maximum Gasteiger partial charge on any atom is 0.191 e. The fourth-order valence-corrected chi connectivity index (χ4v) is 2.82. The van der Waals surface area contributed by atoms with Crippen molar-refractivity contribution in [2.75, 3.05) is 32.7 Å². The standard InChI is InChI=1S/C19H32N4O/c1-4-20-18(21-13-14-23(5-2)17-11-12-17)22-15-19(3,24)16-9-7-6-8-10-16/h6-10,17,24H,4-5,11-15H2,1-3H3,(H2,20,21,22). The number of hydrogen-bond acceptors (Lipinski definition) is 3. The molecule has 1 unspecified atom stereocenters. The van der Waals surface area contributed by atoms with Crippen molar-refractivity contribution in [1.82, 2.24) is 15.5 Å². The molecule has 1 aliphatic carbocycles. The van der Waals surface area contributed by atoms with E-state index in [1.54, 1.807) is 6.92 Å². The molecular weight excluding hydrogens is 300 g/mol. The van der Waals surface area contributed by atoms with Gasteiger partial charge in [-0.05, 0) is 38.8 Å². The molecule has 0 aromatic heterocycles. The molecule has 0 saturated heterocycles. The van der Waals surface area contributed by atoms with Gasteiger partial charge in [-0.1, -0.05) is 37.3 Å². The van der Waals surface area contributed by atoms with E-state index in [1.165, 1.54) is 12.8 Å². The number of aliphatic imine (C=N–C) groups is 1. The van der Waals surface area contributed by atoms with Crippen LogP contribution in [0.3, 0.4) is 0 Å². The lowest BCUT2D eigenvalue weighted by molar-refractivity contribution is 0.0672. The van der Waals surface area contributed by atoms with E-state index in [4.69, 9.17) is 0 Å². The third-order valence-corrected chi connectivity index (χ3v) is 4.45. The molecule has 5 heteroatoms. The van der Waals surface area contributed by atoms with Crippen LogP contribution in [0.15, 0.2) is 35.3 Å². The molecule has 1 aromatic carbocycles. The van der Waals surface area contributed by atoms with Crippen molar-refractivity contribution < 1.29 is 5.11 Å². The van der Waals surface area contributed by atoms with E-state index in [0.29, 0.717) is 6.54 Å². The highest BCUT2D eigenvalue weighted by atomic mass is 16.3. The van der Waals surface area contributed by atoms with Gasteiger partial charge in [0.25, 0.3) is 0 Å². The van der Waals surface area contributed by atoms with E-state index in [9.17, 15) is 5.11 Å². The predicted molar refractivity (Wildman–Crippen MR) is 100 cm³/mol. The molecule has 0 amide bonds. The highest BCUT2D eigenvalue weighted by molar-refractivity contribution is 5.79. The molecule has 134 valence electrons. The van der Waals surface area contributed by atoms with E-state index >= 15 is 0 Å². The Balaban J connectivity index is 1.87. The van der Waals surface area contributed by atoms with Crippen LogP contribution in [0.1, 0.15) is 39.2 Å². The van der Waals surface area contributed by atoms with Crippen LogP contribution in [0.25, 0.3) is 0 Å². The normalized spacial score (nSPS) is 17.6. The molecule has 0 radical (unpaired) electrons. The minimum atomic E-state index is -0.965. The topological polar surface area (TPSA) is 59.9 Å². The first-order chi connectivity index (χ1) is 11.6. The van der Waals surface area contributed by atoms with Crippen LogP contribution >= 0.6 is 0 Å². The molecule has 1 saturated carbocycles. The van der Waals surface area contributed by atoms with Crippen molar-refractivity contribution in [3.05, 3.63) is 35.9 Å². The number of benzene rings is 1. The maximum atomic E-state index is 10.7. The third-order valence-electron chi connectivity index (χ3n) is 4.45. The molecule has 5 nitrogen and oxygen atoms in total. The van der Waals surface area contributed by atoms with Gasteiger partial charge < -0.3 is 15.7 Å². The summed E-state index contributed by atoms with van der Waals surface area (Å²) in [5.74, 6) is 0.764. The first kappa shape index (κ1) is 18.7. The zero-order chi connectivity index (χ0) is 17.4. The summed E-state index contributed by atoms with van der Waals surface area (Å²) in [6.07, 6.45) is 2.67. The van der Waals surface area contributed by atoms with Gasteiger partial charge in [-0.25, -0.2) is 4.99 Å². The summed E-state index contributed by atoms with van der Waals surface area (Å²) in [6, 6.07) is 10.5. The van der Waals surface area contributed by atoms with E-state index in [-0.39, 0.29) is 0 Å². The first-order valence-electron chi connectivity index (χ1n) is 9.11. The van der Waals surface area contributed by atoms with E-state index < -0.39 is 5.60 Å². The maximum absolute atomic E-state index is 10.7. The Labute approximate surface area is 146 Å². The van der Waals surface area contributed by atoms with E-state index in [1.807, 2.05) is 30.3 Å². The minimum Gasteiger partial charge on any atom is -0.384 e. The van der Waals surface area contributed by atoms with Gasteiger partial charge in [0.15, 0.2) is 5.96 Å². The molecule has 0 aliphatic heterocycles. The van der Waals surface area contributed by atoms with Crippen molar-refractivity contribution in [2.24, 2.45) is 4.99 Å². The SMILES string of the molecule is CCNC(=NCC(C)(O)c1ccccc1)NCCN(CC)C1CC1. The average molecular weight is 332 g/mol. The summed E-state index contributed by atoms with van der Waals surface area (Å²) in [5.41, 5.74) is -0.0805. The Morgan fingerprint density at radius 1 is 1.25 bits per heavy atom. The van der Waals surface area contributed by atoms with Gasteiger partial charge in [-0.2, -0.15) is 0 Å². The number of nitrogens with zero attached hydrogens (tertiary/aromatic N) is 2. The predicted octanol–water partition coefficient (Wildman–Crippen LogP) is 1.93. The van der Waals surface area contributed by atoms with Crippen molar-refractivity contribution in [1.29, 1.82) is 0 Å². The molecule has 1 fully saturated rings. The fraction of sp³-hybridized carbons (Fsp3) is 0.632. The van der Waals surface area contributed by atoms with Crippen LogP contribution in [0.5, 0.6) is 0 Å². The molecule has 1 atom stereocenters. The van der Waals surface area contributed by atoms with Crippen LogP contribution in [0.4, 0.5) is 0 Å². The van der Waals surface area contributed by atoms with Crippen molar-refractivity contribution in [3.8, 4) is 0 Å². The molecule has 2 rings (SSSR count). The van der Waals surface area contributed by atoms with Gasteiger partial charge in [0.05, 0.1) is 6.54 Å². The van der Waals surface area contributed by atoms with Gasteiger partial charge in [0.1, 0.15) is 5.60 Å². The van der Waals surface area contributed by atoms with Crippen LogP contribution in [-0.2, 0) is 5.60 Å².